The molecule has 2 aliphatic rings. The van der Waals surface area contributed by atoms with Crippen molar-refractivity contribution in [3.05, 3.63) is 77.0 Å². The lowest BCUT2D eigenvalue weighted by atomic mass is 10.1. The quantitative estimate of drug-likeness (QED) is 0.602. The lowest BCUT2D eigenvalue weighted by Gasteiger charge is -2.20. The van der Waals surface area contributed by atoms with E-state index in [1.54, 1.807) is 31.6 Å². The molecule has 4 heterocycles. The van der Waals surface area contributed by atoms with E-state index in [0.717, 1.165) is 28.4 Å². The molecular formula is C23H19N5O3S. The number of aryl methyl sites for hydroxylation is 1. The minimum Gasteiger partial charge on any atom is -0.495 e. The number of benzene rings is 1. The number of furan rings is 1. The van der Waals surface area contributed by atoms with Crippen LogP contribution in [0.4, 0.5) is 0 Å². The summed E-state index contributed by atoms with van der Waals surface area (Å²) in [6.07, 6.45) is 3.25. The van der Waals surface area contributed by atoms with E-state index in [-0.39, 0.29) is 11.4 Å². The molecule has 2 aliphatic heterocycles. The van der Waals surface area contributed by atoms with E-state index in [1.807, 2.05) is 44.2 Å². The van der Waals surface area contributed by atoms with Crippen LogP contribution in [0.15, 0.2) is 68.8 Å². The van der Waals surface area contributed by atoms with Gasteiger partial charge in [-0.1, -0.05) is 12.1 Å². The van der Waals surface area contributed by atoms with Crippen molar-refractivity contribution in [3.63, 3.8) is 0 Å². The van der Waals surface area contributed by atoms with E-state index >= 15 is 0 Å². The van der Waals surface area contributed by atoms with Crippen LogP contribution in [0.25, 0.3) is 11.8 Å². The number of ether oxygens (including phenoxy) is 1. The second kappa shape index (κ2) is 7.69. The summed E-state index contributed by atoms with van der Waals surface area (Å²) >= 11 is 1.20. The predicted octanol–water partition coefficient (Wildman–Crippen LogP) is 4.36. The number of carbonyl (C=O) groups is 1. The Bertz CT molecular complexity index is 1350. The van der Waals surface area contributed by atoms with Crippen molar-refractivity contribution in [1.29, 1.82) is 5.41 Å². The van der Waals surface area contributed by atoms with Crippen molar-refractivity contribution < 1.29 is 13.9 Å². The lowest BCUT2D eigenvalue weighted by Crippen LogP contribution is -2.35. The van der Waals surface area contributed by atoms with Gasteiger partial charge in [0.15, 0.2) is 16.6 Å². The SMILES string of the molecule is COc1ccccc1-n1c(C)cc(C=C2C(=N)N3N=C(c4ccco4)SC3=NC2=O)c1C. The molecule has 1 N–H and O–H groups in total. The van der Waals surface area contributed by atoms with E-state index < -0.39 is 5.91 Å². The van der Waals surface area contributed by atoms with E-state index in [4.69, 9.17) is 14.6 Å². The fourth-order valence-corrected chi connectivity index (χ4v) is 4.63. The maximum Gasteiger partial charge on any atom is 0.283 e. The number of nitrogens with one attached hydrogen (secondary N) is 1. The monoisotopic (exact) mass is 445 g/mol. The Balaban J connectivity index is 1.54. The first kappa shape index (κ1) is 20.1. The number of fused-ring (bicyclic) bond motifs is 1. The summed E-state index contributed by atoms with van der Waals surface area (Å²) in [5, 5.41) is 15.3. The lowest BCUT2D eigenvalue weighted by molar-refractivity contribution is -0.114. The van der Waals surface area contributed by atoms with Crippen molar-refractivity contribution in [2.45, 2.75) is 13.8 Å². The summed E-state index contributed by atoms with van der Waals surface area (Å²) in [4.78, 5) is 16.9. The standard InChI is InChI=1S/C23H19N5O3S/c1-13-11-15(14(2)27(13)17-7-4-5-8-18(17)30-3)12-16-20(24)28-23(25-21(16)29)32-22(26-28)19-9-6-10-31-19/h4-12,24H,1-3H3. The minimum atomic E-state index is -0.466. The molecule has 0 spiro atoms. The highest BCUT2D eigenvalue weighted by molar-refractivity contribution is 8.27. The van der Waals surface area contributed by atoms with Gasteiger partial charge in [-0.2, -0.15) is 15.1 Å². The number of hydrazone groups is 1. The maximum absolute atomic E-state index is 12.8. The van der Waals surface area contributed by atoms with Crippen molar-refractivity contribution in [2.75, 3.05) is 7.11 Å². The molecule has 0 radical (unpaired) electrons. The van der Waals surface area contributed by atoms with Crippen LogP contribution in [0.5, 0.6) is 5.75 Å². The Labute approximate surface area is 188 Å². The molecule has 1 amide bonds. The summed E-state index contributed by atoms with van der Waals surface area (Å²) in [6, 6.07) is 13.3. The number of rotatable bonds is 4. The predicted molar refractivity (Wildman–Crippen MR) is 125 cm³/mol. The largest absolute Gasteiger partial charge is 0.495 e. The second-order valence-electron chi connectivity index (χ2n) is 7.24. The molecular weight excluding hydrogens is 426 g/mol. The third-order valence-corrected chi connectivity index (χ3v) is 6.21. The molecule has 8 nitrogen and oxygen atoms in total. The van der Waals surface area contributed by atoms with Gasteiger partial charge in [0.1, 0.15) is 5.75 Å². The van der Waals surface area contributed by atoms with E-state index in [2.05, 4.69) is 14.7 Å². The second-order valence-corrected chi connectivity index (χ2v) is 8.19. The first-order valence-electron chi connectivity index (χ1n) is 9.84. The third kappa shape index (κ3) is 3.18. The van der Waals surface area contributed by atoms with Crippen molar-refractivity contribution in [1.82, 2.24) is 9.58 Å². The van der Waals surface area contributed by atoms with E-state index in [1.165, 1.54) is 16.8 Å². The normalized spacial score (nSPS) is 17.0. The molecule has 32 heavy (non-hydrogen) atoms. The Hall–Kier alpha value is -3.85. The van der Waals surface area contributed by atoms with Crippen LogP contribution in [0.1, 0.15) is 22.7 Å². The zero-order valence-electron chi connectivity index (χ0n) is 17.6. The zero-order chi connectivity index (χ0) is 22.4. The van der Waals surface area contributed by atoms with Crippen LogP contribution in [0.2, 0.25) is 0 Å². The van der Waals surface area contributed by atoms with Gasteiger partial charge in [-0.05, 0) is 67.6 Å². The number of aliphatic imine (C=N–C) groups is 1. The van der Waals surface area contributed by atoms with E-state index in [0.29, 0.717) is 16.0 Å². The molecule has 160 valence electrons. The molecule has 0 atom stereocenters. The van der Waals surface area contributed by atoms with Gasteiger partial charge in [0, 0.05) is 11.4 Å². The molecule has 9 heteroatoms. The molecule has 0 saturated heterocycles. The molecule has 5 rings (SSSR count). The summed E-state index contributed by atoms with van der Waals surface area (Å²) in [7, 11) is 1.64. The third-order valence-electron chi connectivity index (χ3n) is 5.28. The molecule has 1 aromatic carbocycles. The first-order valence-corrected chi connectivity index (χ1v) is 10.7. The number of amidine groups is 2. The highest BCUT2D eigenvalue weighted by Gasteiger charge is 2.36. The van der Waals surface area contributed by atoms with Crippen LogP contribution in [-0.2, 0) is 4.79 Å². The average molecular weight is 446 g/mol. The van der Waals surface area contributed by atoms with Gasteiger partial charge in [0.2, 0.25) is 5.17 Å². The fraction of sp³-hybridized carbons (Fsp3) is 0.130. The topological polar surface area (TPSA) is 96.2 Å². The Morgan fingerprint density at radius 2 is 2.00 bits per heavy atom. The van der Waals surface area contributed by atoms with Crippen LogP contribution in [-0.4, -0.2) is 38.6 Å². The zero-order valence-corrected chi connectivity index (χ0v) is 18.4. The Kier molecular flexibility index (Phi) is 4.82. The van der Waals surface area contributed by atoms with Gasteiger partial charge in [-0.3, -0.25) is 10.2 Å². The molecule has 0 bridgehead atoms. The molecule has 0 aliphatic carbocycles. The van der Waals surface area contributed by atoms with Crippen molar-refractivity contribution >= 4 is 39.8 Å². The van der Waals surface area contributed by atoms with Crippen LogP contribution in [0.3, 0.4) is 0 Å². The number of para-hydroxylation sites is 2. The maximum atomic E-state index is 12.8. The number of methoxy groups -OCH3 is 1. The smallest absolute Gasteiger partial charge is 0.283 e. The Morgan fingerprint density at radius 3 is 2.75 bits per heavy atom. The number of carbonyl (C=O) groups excluding carboxylic acids is 1. The first-order chi connectivity index (χ1) is 15.5. The van der Waals surface area contributed by atoms with E-state index in [9.17, 15) is 4.79 Å². The molecule has 0 unspecified atom stereocenters. The van der Waals surface area contributed by atoms with Gasteiger partial charge >= 0.3 is 0 Å². The van der Waals surface area contributed by atoms with Crippen molar-refractivity contribution in [2.24, 2.45) is 10.1 Å². The molecule has 0 saturated carbocycles. The fourth-order valence-electron chi connectivity index (χ4n) is 3.77. The summed E-state index contributed by atoms with van der Waals surface area (Å²) < 4.78 is 13.0. The number of thioether (sulfide) groups is 1. The number of hydrogen-bond acceptors (Lipinski definition) is 6. The van der Waals surface area contributed by atoms with Crippen molar-refractivity contribution in [3.8, 4) is 11.4 Å². The highest BCUT2D eigenvalue weighted by Crippen LogP contribution is 2.33. The van der Waals surface area contributed by atoms with Crippen LogP contribution < -0.4 is 4.74 Å². The summed E-state index contributed by atoms with van der Waals surface area (Å²) in [5.41, 5.74) is 3.81. The minimum absolute atomic E-state index is 0.0175. The van der Waals surface area contributed by atoms with Crippen LogP contribution >= 0.6 is 11.8 Å². The highest BCUT2D eigenvalue weighted by atomic mass is 32.2. The number of amides is 1. The number of hydrogen-bond donors (Lipinski definition) is 1. The van der Waals surface area contributed by atoms with Crippen LogP contribution in [0, 0.1) is 19.3 Å². The van der Waals surface area contributed by atoms with Gasteiger partial charge < -0.3 is 13.7 Å². The summed E-state index contributed by atoms with van der Waals surface area (Å²) in [5.74, 6) is 0.833. The van der Waals surface area contributed by atoms with Gasteiger partial charge in [-0.25, -0.2) is 0 Å². The molecule has 2 aromatic heterocycles. The summed E-state index contributed by atoms with van der Waals surface area (Å²) in [6.45, 7) is 3.96. The molecule has 0 fully saturated rings. The van der Waals surface area contributed by atoms with Gasteiger partial charge in [-0.15, -0.1) is 0 Å². The van der Waals surface area contributed by atoms with Gasteiger partial charge in [0.25, 0.3) is 5.91 Å². The Morgan fingerprint density at radius 1 is 1.19 bits per heavy atom. The number of nitrogens with zero attached hydrogens (tertiary/aromatic N) is 4. The number of aromatic nitrogens is 1. The molecule has 3 aromatic rings. The van der Waals surface area contributed by atoms with Gasteiger partial charge in [0.05, 0.1) is 24.6 Å². The average Bonchev–Trinajstić information content (AvgIpc) is 3.51.